The van der Waals surface area contributed by atoms with Crippen LogP contribution in [0.2, 0.25) is 5.28 Å². The maximum atomic E-state index is 11.4. The Kier molecular flexibility index (Phi) is 5.51. The van der Waals surface area contributed by atoms with Gasteiger partial charge in [-0.2, -0.15) is 15.0 Å². The molecule has 1 aromatic heterocycles. The van der Waals surface area contributed by atoms with Gasteiger partial charge in [0.1, 0.15) is 0 Å². The number of hydrogen-bond donors (Lipinski definition) is 3. The zero-order valence-electron chi connectivity index (χ0n) is 10.1. The zero-order valence-corrected chi connectivity index (χ0v) is 11.6. The Morgan fingerprint density at radius 2 is 1.89 bits per heavy atom. The van der Waals surface area contributed by atoms with E-state index in [0.29, 0.717) is 12.5 Å². The van der Waals surface area contributed by atoms with Gasteiger partial charge in [0.2, 0.25) is 27.2 Å². The molecule has 0 bridgehead atoms. The fourth-order valence-corrected chi connectivity index (χ4v) is 2.25. The van der Waals surface area contributed by atoms with E-state index in [2.05, 4.69) is 30.3 Å². The van der Waals surface area contributed by atoms with Gasteiger partial charge in [-0.25, -0.2) is 13.1 Å². The molecule has 0 atom stereocenters. The van der Waals surface area contributed by atoms with Crippen molar-refractivity contribution >= 4 is 33.5 Å². The SMILES string of the molecule is CCNS(=O)(=O)CCNc1nc(Cl)nc(NC)n1. The van der Waals surface area contributed by atoms with Crippen molar-refractivity contribution in [3.05, 3.63) is 5.28 Å². The summed E-state index contributed by atoms with van der Waals surface area (Å²) in [7, 11) is -1.62. The second kappa shape index (κ2) is 6.66. The van der Waals surface area contributed by atoms with Gasteiger partial charge >= 0.3 is 0 Å². The van der Waals surface area contributed by atoms with Crippen molar-refractivity contribution in [2.24, 2.45) is 0 Å². The van der Waals surface area contributed by atoms with E-state index in [1.54, 1.807) is 14.0 Å². The van der Waals surface area contributed by atoms with Gasteiger partial charge < -0.3 is 10.6 Å². The molecule has 8 nitrogen and oxygen atoms in total. The number of hydrogen-bond acceptors (Lipinski definition) is 7. The quantitative estimate of drug-likeness (QED) is 0.645. The molecule has 0 aliphatic rings. The monoisotopic (exact) mass is 294 g/mol. The molecule has 102 valence electrons. The number of rotatable bonds is 7. The molecule has 1 rings (SSSR count). The lowest BCUT2D eigenvalue weighted by molar-refractivity contribution is 0.584. The van der Waals surface area contributed by atoms with Crippen LogP contribution >= 0.6 is 11.6 Å². The van der Waals surface area contributed by atoms with Crippen LogP contribution in [0.1, 0.15) is 6.92 Å². The van der Waals surface area contributed by atoms with E-state index in [1.807, 2.05) is 0 Å². The Bertz CT molecular complexity index is 494. The van der Waals surface area contributed by atoms with E-state index in [0.717, 1.165) is 0 Å². The van der Waals surface area contributed by atoms with Crippen molar-refractivity contribution in [1.82, 2.24) is 19.7 Å². The smallest absolute Gasteiger partial charge is 0.228 e. The van der Waals surface area contributed by atoms with Crippen molar-refractivity contribution in [3.63, 3.8) is 0 Å². The third kappa shape index (κ3) is 4.98. The summed E-state index contributed by atoms with van der Waals surface area (Å²) in [6.07, 6.45) is 0. The molecular weight excluding hydrogens is 280 g/mol. The van der Waals surface area contributed by atoms with Gasteiger partial charge in [-0.05, 0) is 11.6 Å². The van der Waals surface area contributed by atoms with Gasteiger partial charge in [0.15, 0.2) is 0 Å². The van der Waals surface area contributed by atoms with Crippen LogP contribution in [0, 0.1) is 0 Å². The first-order valence-electron chi connectivity index (χ1n) is 5.27. The lowest BCUT2D eigenvalue weighted by atomic mass is 10.7. The highest BCUT2D eigenvalue weighted by molar-refractivity contribution is 7.89. The van der Waals surface area contributed by atoms with Crippen molar-refractivity contribution in [2.75, 3.05) is 36.5 Å². The molecule has 3 N–H and O–H groups in total. The Balaban J connectivity index is 2.56. The minimum Gasteiger partial charge on any atom is -0.357 e. The minimum atomic E-state index is -3.26. The van der Waals surface area contributed by atoms with E-state index in [-0.39, 0.29) is 23.5 Å². The van der Waals surface area contributed by atoms with Gasteiger partial charge in [-0.1, -0.05) is 6.92 Å². The van der Waals surface area contributed by atoms with Crippen molar-refractivity contribution in [1.29, 1.82) is 0 Å². The number of nitrogens with one attached hydrogen (secondary N) is 3. The topological polar surface area (TPSA) is 109 Å². The predicted octanol–water partition coefficient (Wildman–Crippen LogP) is -0.0821. The van der Waals surface area contributed by atoms with Crippen LogP contribution in [0.25, 0.3) is 0 Å². The normalized spacial score (nSPS) is 11.3. The molecule has 0 spiro atoms. The van der Waals surface area contributed by atoms with Crippen LogP contribution < -0.4 is 15.4 Å². The van der Waals surface area contributed by atoms with Crippen LogP contribution in [-0.2, 0) is 10.0 Å². The summed E-state index contributed by atoms with van der Waals surface area (Å²) in [5.41, 5.74) is 0. The molecule has 0 unspecified atom stereocenters. The van der Waals surface area contributed by atoms with E-state index in [9.17, 15) is 8.42 Å². The zero-order chi connectivity index (χ0) is 13.6. The standard InChI is InChI=1S/C8H15ClN6O2S/c1-3-12-18(16,17)5-4-11-8-14-6(9)13-7(10-2)15-8/h12H,3-5H2,1-2H3,(H2,10,11,13,14,15). The molecule has 0 radical (unpaired) electrons. The Morgan fingerprint density at radius 3 is 2.50 bits per heavy atom. The molecule has 0 saturated carbocycles. The summed E-state index contributed by atoms with van der Waals surface area (Å²) in [4.78, 5) is 11.6. The van der Waals surface area contributed by atoms with E-state index < -0.39 is 10.0 Å². The summed E-state index contributed by atoms with van der Waals surface area (Å²) in [6, 6.07) is 0. The lowest BCUT2D eigenvalue weighted by Crippen LogP contribution is -2.29. The number of nitrogens with zero attached hydrogens (tertiary/aromatic N) is 3. The summed E-state index contributed by atoms with van der Waals surface area (Å²) in [5, 5.41) is 5.52. The Hall–Kier alpha value is -1.19. The number of halogens is 1. The van der Waals surface area contributed by atoms with Gasteiger partial charge in [0.25, 0.3) is 0 Å². The molecule has 0 fully saturated rings. The van der Waals surface area contributed by atoms with Crippen molar-refractivity contribution < 1.29 is 8.42 Å². The molecule has 0 aliphatic heterocycles. The average molecular weight is 295 g/mol. The first-order chi connectivity index (χ1) is 8.46. The summed E-state index contributed by atoms with van der Waals surface area (Å²) in [5.74, 6) is 0.469. The van der Waals surface area contributed by atoms with Crippen LogP contribution in [0.15, 0.2) is 0 Å². The van der Waals surface area contributed by atoms with Crippen LogP contribution in [-0.4, -0.2) is 49.3 Å². The highest BCUT2D eigenvalue weighted by Gasteiger charge is 2.09. The molecule has 0 aliphatic carbocycles. The lowest BCUT2D eigenvalue weighted by Gasteiger charge is -2.07. The van der Waals surface area contributed by atoms with Crippen LogP contribution in [0.3, 0.4) is 0 Å². The third-order valence-electron chi connectivity index (χ3n) is 1.85. The fraction of sp³-hybridized carbons (Fsp3) is 0.625. The third-order valence-corrected chi connectivity index (χ3v) is 3.49. The van der Waals surface area contributed by atoms with Crippen molar-refractivity contribution in [2.45, 2.75) is 6.92 Å². The maximum absolute atomic E-state index is 11.4. The van der Waals surface area contributed by atoms with Gasteiger partial charge in [-0.15, -0.1) is 0 Å². The molecule has 1 heterocycles. The highest BCUT2D eigenvalue weighted by atomic mass is 35.5. The number of sulfonamides is 1. The molecule has 1 aromatic rings. The van der Waals surface area contributed by atoms with Crippen LogP contribution in [0.5, 0.6) is 0 Å². The Morgan fingerprint density at radius 1 is 1.22 bits per heavy atom. The van der Waals surface area contributed by atoms with Gasteiger partial charge in [-0.3, -0.25) is 0 Å². The maximum Gasteiger partial charge on any atom is 0.228 e. The average Bonchev–Trinajstić information content (AvgIpc) is 2.27. The molecule has 0 aromatic carbocycles. The van der Waals surface area contributed by atoms with Gasteiger partial charge in [0.05, 0.1) is 5.75 Å². The minimum absolute atomic E-state index is 0.0337. The van der Waals surface area contributed by atoms with E-state index in [1.165, 1.54) is 0 Å². The van der Waals surface area contributed by atoms with Crippen LogP contribution in [0.4, 0.5) is 11.9 Å². The van der Waals surface area contributed by atoms with E-state index in [4.69, 9.17) is 11.6 Å². The van der Waals surface area contributed by atoms with Crippen molar-refractivity contribution in [3.8, 4) is 0 Å². The second-order valence-corrected chi connectivity index (χ2v) is 5.51. The second-order valence-electron chi connectivity index (χ2n) is 3.25. The first-order valence-corrected chi connectivity index (χ1v) is 7.30. The summed E-state index contributed by atoms with van der Waals surface area (Å²) >= 11 is 5.67. The summed E-state index contributed by atoms with van der Waals surface area (Å²) < 4.78 is 25.1. The van der Waals surface area contributed by atoms with E-state index >= 15 is 0 Å². The predicted molar refractivity (Wildman–Crippen MR) is 70.3 cm³/mol. The molecule has 0 amide bonds. The first kappa shape index (κ1) is 14.9. The molecule has 10 heteroatoms. The fourth-order valence-electron chi connectivity index (χ4n) is 1.13. The van der Waals surface area contributed by atoms with Gasteiger partial charge in [0, 0.05) is 20.1 Å². The molecule has 18 heavy (non-hydrogen) atoms. The summed E-state index contributed by atoms with van der Waals surface area (Å²) in [6.45, 7) is 2.26. The number of anilines is 2. The molecule has 0 saturated heterocycles. The Labute approximate surface area is 111 Å². The molecular formula is C8H15ClN6O2S. The largest absolute Gasteiger partial charge is 0.357 e. The highest BCUT2D eigenvalue weighted by Crippen LogP contribution is 2.08. The number of aromatic nitrogens is 3.